The minimum atomic E-state index is -3.92. The van der Waals surface area contributed by atoms with E-state index >= 15 is 0 Å². The Hall–Kier alpha value is -3.75. The molecule has 1 amide bonds. The maximum absolute atomic E-state index is 13.0. The summed E-state index contributed by atoms with van der Waals surface area (Å²) < 4.78 is 29.8. The predicted molar refractivity (Wildman–Crippen MR) is 134 cm³/mol. The molecule has 3 aromatic rings. The monoisotopic (exact) mass is 505 g/mol. The van der Waals surface area contributed by atoms with Crippen molar-refractivity contribution in [2.75, 3.05) is 13.1 Å². The number of nitriles is 2. The summed E-state index contributed by atoms with van der Waals surface area (Å²) in [4.78, 5) is 17.6. The lowest BCUT2D eigenvalue weighted by Gasteiger charge is -2.20. The van der Waals surface area contributed by atoms with Crippen LogP contribution in [0, 0.1) is 48.9 Å². The largest absolute Gasteiger partial charge is 0.304 e. The molecule has 0 saturated carbocycles. The Labute approximate surface area is 208 Å². The SMILES string of the molecule is C#CCn1c(=NC(=O)c2ccc(S(=O)(=O)N(CCC#N)CCC#N)cc2)sc2cc(C)cc(C)c21. The number of thiazole rings is 1. The number of carbonyl (C=O) groups is 1. The average molecular weight is 506 g/mol. The molecule has 0 atom stereocenters. The van der Waals surface area contributed by atoms with E-state index in [9.17, 15) is 13.2 Å². The predicted octanol–water partition coefficient (Wildman–Crippen LogP) is 3.51. The Morgan fingerprint density at radius 3 is 2.31 bits per heavy atom. The van der Waals surface area contributed by atoms with Crippen LogP contribution < -0.4 is 4.80 Å². The first-order valence-electron chi connectivity index (χ1n) is 10.7. The third kappa shape index (κ3) is 5.67. The highest BCUT2D eigenvalue weighted by atomic mass is 32.2. The molecule has 1 aromatic heterocycles. The van der Waals surface area contributed by atoms with Crippen molar-refractivity contribution in [3.8, 4) is 24.5 Å². The van der Waals surface area contributed by atoms with E-state index in [1.165, 1.54) is 35.6 Å². The van der Waals surface area contributed by atoms with Gasteiger partial charge in [-0.1, -0.05) is 23.3 Å². The summed E-state index contributed by atoms with van der Waals surface area (Å²) in [5, 5.41) is 17.7. The summed E-state index contributed by atoms with van der Waals surface area (Å²) in [5.41, 5.74) is 3.29. The van der Waals surface area contributed by atoms with Gasteiger partial charge in [0.2, 0.25) is 10.0 Å². The molecule has 8 nitrogen and oxygen atoms in total. The fourth-order valence-corrected chi connectivity index (χ4v) is 6.33. The summed E-state index contributed by atoms with van der Waals surface area (Å²) in [7, 11) is -3.92. The minimum Gasteiger partial charge on any atom is -0.304 e. The maximum atomic E-state index is 13.0. The van der Waals surface area contributed by atoms with Crippen LogP contribution >= 0.6 is 11.3 Å². The minimum absolute atomic E-state index is 0.00588. The van der Waals surface area contributed by atoms with Gasteiger partial charge >= 0.3 is 0 Å². The van der Waals surface area contributed by atoms with Crippen LogP contribution in [-0.2, 0) is 16.6 Å². The van der Waals surface area contributed by atoms with E-state index in [0.717, 1.165) is 25.6 Å². The summed E-state index contributed by atoms with van der Waals surface area (Å²) in [6.07, 6.45) is 5.57. The highest BCUT2D eigenvalue weighted by molar-refractivity contribution is 7.89. The number of nitrogens with zero attached hydrogens (tertiary/aromatic N) is 5. The van der Waals surface area contributed by atoms with Crippen LogP contribution in [0.1, 0.15) is 34.3 Å². The number of sulfonamides is 1. The molecule has 0 bridgehead atoms. The van der Waals surface area contributed by atoms with Gasteiger partial charge in [-0.3, -0.25) is 4.79 Å². The van der Waals surface area contributed by atoms with E-state index in [1.54, 1.807) is 0 Å². The molecule has 0 saturated heterocycles. The number of rotatable bonds is 8. The second-order valence-corrected chi connectivity index (χ2v) is 10.7. The lowest BCUT2D eigenvalue weighted by atomic mass is 10.1. The maximum Gasteiger partial charge on any atom is 0.279 e. The van der Waals surface area contributed by atoms with Gasteiger partial charge in [0.25, 0.3) is 5.91 Å². The van der Waals surface area contributed by atoms with Gasteiger partial charge in [-0.25, -0.2) is 8.42 Å². The van der Waals surface area contributed by atoms with Crippen molar-refractivity contribution in [3.63, 3.8) is 0 Å². The molecule has 10 heteroatoms. The first-order chi connectivity index (χ1) is 16.7. The van der Waals surface area contributed by atoms with Crippen LogP contribution in [0.15, 0.2) is 46.3 Å². The number of carbonyl (C=O) groups excluding carboxylic acids is 1. The van der Waals surface area contributed by atoms with Gasteiger partial charge in [-0.15, -0.1) is 6.42 Å². The van der Waals surface area contributed by atoms with Crippen LogP contribution in [0.2, 0.25) is 0 Å². The zero-order valence-electron chi connectivity index (χ0n) is 19.4. The van der Waals surface area contributed by atoms with Crippen molar-refractivity contribution in [2.24, 2.45) is 4.99 Å². The molecule has 3 rings (SSSR count). The lowest BCUT2D eigenvalue weighted by molar-refractivity contribution is 0.0997. The molecule has 0 unspecified atom stereocenters. The van der Waals surface area contributed by atoms with Gasteiger partial charge in [0, 0.05) is 31.5 Å². The van der Waals surface area contributed by atoms with Crippen molar-refractivity contribution in [1.29, 1.82) is 10.5 Å². The number of hydrogen-bond acceptors (Lipinski definition) is 6. The Morgan fingerprint density at radius 1 is 1.11 bits per heavy atom. The first-order valence-corrected chi connectivity index (χ1v) is 13.0. The number of terminal acetylenes is 1. The molecular formula is C25H23N5O3S2. The van der Waals surface area contributed by atoms with Gasteiger partial charge in [-0.2, -0.15) is 19.8 Å². The first kappa shape index (κ1) is 25.9. The third-order valence-corrected chi connectivity index (χ3v) is 8.18. The summed E-state index contributed by atoms with van der Waals surface area (Å²) in [6.45, 7) is 4.20. The van der Waals surface area contributed by atoms with Crippen molar-refractivity contribution in [2.45, 2.75) is 38.1 Å². The van der Waals surface area contributed by atoms with Gasteiger partial charge < -0.3 is 4.57 Å². The Kier molecular flexibility index (Phi) is 8.22. The Morgan fingerprint density at radius 2 is 1.74 bits per heavy atom. The molecular weight excluding hydrogens is 482 g/mol. The van der Waals surface area contributed by atoms with E-state index in [1.807, 2.05) is 42.7 Å². The average Bonchev–Trinajstić information content (AvgIpc) is 3.16. The fourth-order valence-electron chi connectivity index (χ4n) is 3.69. The molecule has 0 aliphatic carbocycles. The van der Waals surface area contributed by atoms with Crippen LogP contribution in [0.4, 0.5) is 0 Å². The number of benzene rings is 2. The highest BCUT2D eigenvalue weighted by Gasteiger charge is 2.24. The number of aryl methyl sites for hydroxylation is 2. The smallest absolute Gasteiger partial charge is 0.279 e. The number of amides is 1. The molecule has 35 heavy (non-hydrogen) atoms. The fraction of sp³-hybridized carbons (Fsp3) is 0.280. The number of hydrogen-bond donors (Lipinski definition) is 0. The lowest BCUT2D eigenvalue weighted by Crippen LogP contribution is -2.32. The van der Waals surface area contributed by atoms with E-state index in [2.05, 4.69) is 10.9 Å². The molecule has 0 spiro atoms. The van der Waals surface area contributed by atoms with Crippen molar-refractivity contribution < 1.29 is 13.2 Å². The zero-order valence-corrected chi connectivity index (χ0v) is 21.0. The third-order valence-electron chi connectivity index (χ3n) is 5.24. The van der Waals surface area contributed by atoms with Crippen LogP contribution in [-0.4, -0.2) is 36.3 Å². The van der Waals surface area contributed by atoms with Crippen molar-refractivity contribution in [3.05, 3.63) is 57.9 Å². The number of fused-ring (bicyclic) bond motifs is 1. The molecule has 178 valence electrons. The number of aromatic nitrogens is 1. The summed E-state index contributed by atoms with van der Waals surface area (Å²) >= 11 is 1.37. The molecule has 0 N–H and O–H groups in total. The molecule has 1 heterocycles. The quantitative estimate of drug-likeness (QED) is 0.434. The standard InChI is InChI=1S/C25H23N5O3S2/c1-4-13-30-23-19(3)16-18(2)17-22(23)34-25(30)28-24(31)20-7-9-21(10-8-20)35(32,33)29(14-5-11-26)15-6-12-27/h1,7-10,16-17H,5-6,13-15H2,2-3H3. The Bertz CT molecular complexity index is 1540. The van der Waals surface area contributed by atoms with E-state index in [4.69, 9.17) is 16.9 Å². The normalized spacial score (nSPS) is 11.8. The second kappa shape index (κ2) is 11.1. The molecule has 0 fully saturated rings. The van der Waals surface area contributed by atoms with E-state index < -0.39 is 15.9 Å². The van der Waals surface area contributed by atoms with Crippen molar-refractivity contribution >= 4 is 37.5 Å². The summed E-state index contributed by atoms with van der Waals surface area (Å²) in [5.74, 6) is 2.09. The van der Waals surface area contributed by atoms with Gasteiger partial charge in [0.1, 0.15) is 0 Å². The summed E-state index contributed by atoms with van der Waals surface area (Å²) in [6, 6.07) is 13.4. The van der Waals surface area contributed by atoms with Crippen LogP contribution in [0.5, 0.6) is 0 Å². The van der Waals surface area contributed by atoms with Crippen molar-refractivity contribution in [1.82, 2.24) is 8.87 Å². The van der Waals surface area contributed by atoms with E-state index in [0.29, 0.717) is 4.80 Å². The highest BCUT2D eigenvalue weighted by Crippen LogP contribution is 2.23. The van der Waals surface area contributed by atoms with E-state index in [-0.39, 0.29) is 42.9 Å². The van der Waals surface area contributed by atoms with Gasteiger partial charge in [0.05, 0.1) is 33.8 Å². The molecule has 0 aliphatic heterocycles. The topological polar surface area (TPSA) is 119 Å². The Balaban J connectivity index is 1.96. The second-order valence-electron chi connectivity index (χ2n) is 7.77. The molecule has 0 aliphatic rings. The van der Waals surface area contributed by atoms with Crippen LogP contribution in [0.25, 0.3) is 10.2 Å². The van der Waals surface area contributed by atoms with Crippen LogP contribution in [0.3, 0.4) is 0 Å². The van der Waals surface area contributed by atoms with Gasteiger partial charge in [0.15, 0.2) is 4.80 Å². The molecule has 0 radical (unpaired) electrons. The molecule has 2 aromatic carbocycles. The zero-order chi connectivity index (χ0) is 25.6. The van der Waals surface area contributed by atoms with Gasteiger partial charge in [-0.05, 0) is 55.3 Å².